The third-order valence-corrected chi connectivity index (χ3v) is 17.8. The highest BCUT2D eigenvalue weighted by Crippen LogP contribution is 2.44. The highest BCUT2D eigenvalue weighted by atomic mass is 16.8. The summed E-state index contributed by atoms with van der Waals surface area (Å²) in [6.07, 6.45) is -54.6. The molecule has 39 nitrogen and oxygen atoms in total. The summed E-state index contributed by atoms with van der Waals surface area (Å²) in [7, 11) is 1.22. The fraction of sp³-hybridized carbons (Fsp3) is 0.588. The molecule has 6 heterocycles. The molecule has 39 heteroatoms. The van der Waals surface area contributed by atoms with Gasteiger partial charge in [-0.3, -0.25) is 14.4 Å². The van der Waals surface area contributed by atoms with Crippen molar-refractivity contribution in [2.24, 2.45) is 0 Å². The van der Waals surface area contributed by atoms with Gasteiger partial charge in [0.1, 0.15) is 142 Å². The van der Waals surface area contributed by atoms with E-state index in [1.54, 1.807) is 0 Å². The number of carbonyl (C=O) groups excluding carboxylic acids is 6. The summed E-state index contributed by atoms with van der Waals surface area (Å²) in [6.45, 7) is -2.52. The second-order valence-electron chi connectivity index (χ2n) is 25.4. The van der Waals surface area contributed by atoms with Gasteiger partial charge in [0.2, 0.25) is 12.1 Å². The number of hydrogen-bond acceptors (Lipinski definition) is 39. The fourth-order valence-electron chi connectivity index (χ4n) is 12.2. The van der Waals surface area contributed by atoms with E-state index in [4.69, 9.17) is 85.3 Å². The minimum Gasteiger partial charge on any atom is -0.508 e. The van der Waals surface area contributed by atoms with Crippen LogP contribution in [0.1, 0.15) is 49.2 Å². The minimum atomic E-state index is -3.08. The van der Waals surface area contributed by atoms with Gasteiger partial charge in [-0.05, 0) is 66.6 Å². The Hall–Kier alpha value is -7.60. The standard InChI is InChI=1S/C68H86O39/c1-28-45(78)49(82)52(85)63(94-28)96-36-18-13-33(21-37(36)90-5)15-20-44(77)101-57-42(26-92-30(3)73)100-67(107-68(27-93-43(76)19-14-32-11-16-35(75)17-12-32)61(48(81)40(24-71)106-68)105-62(89)34-9-7-6-8-10-34)60(104-65-54(87)51(84)47(80)39(23-70)98-65)59(57)103-66-55(88)58(56(95-31(4)74)41(99-66)25-91-29(2)72)102-64-53(86)50(83)46(79)38(22-69)97-64/h6-21,28,38-42,45-61,63-67,69-71,75,78-88H,22-27H2,1-5H3/b19-14+,20-15+/t28-,38-,39-,40+,41-,42+,45-,46+,47+,48+,49+,50-,51-,52+,53+,54+,55+,56+,57+,58+,59-,60+,61-,63+,64-,65+,66-,67+,68+/m0/s1. The summed E-state index contributed by atoms with van der Waals surface area (Å²) in [4.78, 5) is 81.8. The van der Waals surface area contributed by atoms with Gasteiger partial charge in [0, 0.05) is 32.9 Å². The first-order valence-corrected chi connectivity index (χ1v) is 33.4. The lowest BCUT2D eigenvalue weighted by Crippen LogP contribution is -2.70. The molecule has 0 spiro atoms. The third-order valence-electron chi connectivity index (χ3n) is 17.8. The molecule has 9 rings (SSSR count). The van der Waals surface area contributed by atoms with E-state index in [-0.39, 0.29) is 28.4 Å². The Morgan fingerprint density at radius 3 is 1.53 bits per heavy atom. The van der Waals surface area contributed by atoms with E-state index in [2.05, 4.69) is 0 Å². The zero-order valence-corrected chi connectivity index (χ0v) is 57.7. The number of aliphatic hydroxyl groups is 14. The van der Waals surface area contributed by atoms with E-state index in [1.165, 1.54) is 92.9 Å². The van der Waals surface area contributed by atoms with Crippen molar-refractivity contribution >= 4 is 48.0 Å². The first kappa shape index (κ1) is 83.4. The van der Waals surface area contributed by atoms with Crippen LogP contribution in [0, 0.1) is 0 Å². The van der Waals surface area contributed by atoms with E-state index < -0.39 is 253 Å². The number of carbonyl (C=O) groups is 6. The molecule has 0 aliphatic carbocycles. The summed E-state index contributed by atoms with van der Waals surface area (Å²) in [5, 5.41) is 165. The van der Waals surface area contributed by atoms with Crippen LogP contribution in [0.25, 0.3) is 12.2 Å². The molecule has 0 unspecified atom stereocenters. The third kappa shape index (κ3) is 20.1. The molecular weight excluding hydrogens is 1440 g/mol. The predicted octanol–water partition coefficient (Wildman–Crippen LogP) is -5.90. The maximum absolute atomic E-state index is 14.9. The molecule has 29 atom stereocenters. The van der Waals surface area contributed by atoms with Gasteiger partial charge in [-0.15, -0.1) is 0 Å². The number of rotatable bonds is 28. The smallest absolute Gasteiger partial charge is 0.338 e. The number of aromatic hydroxyl groups is 1. The molecule has 15 N–H and O–H groups in total. The van der Waals surface area contributed by atoms with Crippen molar-refractivity contribution in [3.63, 3.8) is 0 Å². The van der Waals surface area contributed by atoms with Crippen molar-refractivity contribution in [2.75, 3.05) is 46.8 Å². The lowest BCUT2D eigenvalue weighted by atomic mass is 9.95. The van der Waals surface area contributed by atoms with Crippen LogP contribution >= 0.6 is 0 Å². The molecule has 0 aromatic heterocycles. The molecule has 6 aliphatic heterocycles. The van der Waals surface area contributed by atoms with Crippen molar-refractivity contribution < 1.29 is 191 Å². The maximum Gasteiger partial charge on any atom is 0.338 e. The van der Waals surface area contributed by atoms with Crippen molar-refractivity contribution in [3.8, 4) is 17.2 Å². The molecule has 6 fully saturated rings. The van der Waals surface area contributed by atoms with Crippen LogP contribution in [-0.2, 0) is 99.8 Å². The quantitative estimate of drug-likeness (QED) is 0.0183. The fourth-order valence-corrected chi connectivity index (χ4v) is 12.2. The lowest BCUT2D eigenvalue weighted by Gasteiger charge is -2.51. The molecule has 0 saturated carbocycles. The van der Waals surface area contributed by atoms with Gasteiger partial charge in [-0.1, -0.05) is 36.4 Å². The van der Waals surface area contributed by atoms with Gasteiger partial charge in [0.15, 0.2) is 55.0 Å². The van der Waals surface area contributed by atoms with Gasteiger partial charge in [0.25, 0.3) is 0 Å². The van der Waals surface area contributed by atoms with E-state index in [9.17, 15) is 105 Å². The van der Waals surface area contributed by atoms with Crippen LogP contribution in [0.2, 0.25) is 0 Å². The second-order valence-corrected chi connectivity index (χ2v) is 25.4. The van der Waals surface area contributed by atoms with Crippen molar-refractivity contribution in [1.82, 2.24) is 0 Å². The predicted molar refractivity (Wildman–Crippen MR) is 345 cm³/mol. The Morgan fingerprint density at radius 2 is 0.963 bits per heavy atom. The van der Waals surface area contributed by atoms with Gasteiger partial charge in [-0.25, -0.2) is 14.4 Å². The van der Waals surface area contributed by atoms with E-state index in [1.807, 2.05) is 0 Å². The molecule has 0 bridgehead atoms. The van der Waals surface area contributed by atoms with E-state index in [0.717, 1.165) is 39.0 Å². The number of phenolic OH excluding ortho intramolecular Hbond substituents is 1. The van der Waals surface area contributed by atoms with Crippen LogP contribution in [0.15, 0.2) is 84.9 Å². The van der Waals surface area contributed by atoms with Crippen LogP contribution in [0.4, 0.5) is 0 Å². The number of aliphatic hydroxyl groups excluding tert-OH is 14. The Morgan fingerprint density at radius 1 is 0.458 bits per heavy atom. The Balaban J connectivity index is 1.21. The Bertz CT molecular complexity index is 3510. The molecule has 3 aromatic rings. The highest BCUT2D eigenvalue weighted by Gasteiger charge is 2.65. The molecule has 0 amide bonds. The SMILES string of the molecule is COc1cc(/C=C/C(=O)O[C@H]2[C@H](O[C@@H]3O[C@@H](COC(C)=O)[C@@H](OC(C)=O)[C@H](O[C@@H]4O[C@@H](CO)[C@@H](O)[C@H](O)[C@H]4O)[C@H]3O)[C@@H](O[C@H]3O[C@@H](CO)[C@@H](O)[C@H](O)[C@H]3O)[C@@H](O[C@@]3(COC(=O)/C=C/c4ccc(O)cc4)O[C@H](CO)[C@@H](O)[C@@H]3OC(=O)c3ccccc3)O[C@@H]2COC(C)=O)ccc1O[C@H]1O[C@@H](C)[C@H](O)[C@@H](O)[C@H]1O. The number of methoxy groups -OCH3 is 1. The number of ether oxygens (including phenoxy) is 18. The second kappa shape index (κ2) is 37.2. The van der Waals surface area contributed by atoms with Gasteiger partial charge in [-0.2, -0.15) is 0 Å². The average molecular weight is 1530 g/mol. The van der Waals surface area contributed by atoms with Gasteiger partial charge < -0.3 is 162 Å². The molecular formula is C68H86O39. The number of benzene rings is 3. The largest absolute Gasteiger partial charge is 0.508 e. The molecule has 6 saturated heterocycles. The van der Waals surface area contributed by atoms with Gasteiger partial charge in [0.05, 0.1) is 38.6 Å². The highest BCUT2D eigenvalue weighted by molar-refractivity contribution is 5.90. The summed E-state index contributed by atoms with van der Waals surface area (Å²) < 4.78 is 108. The summed E-state index contributed by atoms with van der Waals surface area (Å²) in [5.74, 6) is -10.5. The number of hydrogen-bond donors (Lipinski definition) is 15. The zero-order valence-electron chi connectivity index (χ0n) is 57.7. The molecule has 0 radical (unpaired) electrons. The van der Waals surface area contributed by atoms with Gasteiger partial charge >= 0.3 is 35.8 Å². The van der Waals surface area contributed by atoms with Crippen LogP contribution in [-0.4, -0.2) is 337 Å². The van der Waals surface area contributed by atoms with Crippen LogP contribution < -0.4 is 9.47 Å². The normalized spacial score (nSPS) is 37.3. The molecule has 3 aromatic carbocycles. The monoisotopic (exact) mass is 1530 g/mol. The van der Waals surface area contributed by atoms with Crippen LogP contribution in [0.5, 0.6) is 17.2 Å². The molecule has 6 aliphatic rings. The summed E-state index contributed by atoms with van der Waals surface area (Å²) in [6, 6.07) is 16.3. The first-order valence-electron chi connectivity index (χ1n) is 33.4. The maximum atomic E-state index is 14.9. The Kier molecular flexibility index (Phi) is 29.0. The van der Waals surface area contributed by atoms with Crippen LogP contribution in [0.3, 0.4) is 0 Å². The zero-order chi connectivity index (χ0) is 77.9. The van der Waals surface area contributed by atoms with E-state index in [0.29, 0.717) is 5.56 Å². The Labute approximate surface area is 607 Å². The summed E-state index contributed by atoms with van der Waals surface area (Å²) in [5.41, 5.74) is 0.272. The lowest BCUT2D eigenvalue weighted by molar-refractivity contribution is -0.423. The summed E-state index contributed by atoms with van der Waals surface area (Å²) >= 11 is 0. The van der Waals surface area contributed by atoms with Crippen molar-refractivity contribution in [1.29, 1.82) is 0 Å². The van der Waals surface area contributed by atoms with Crippen molar-refractivity contribution in [2.45, 2.75) is 205 Å². The first-order chi connectivity index (χ1) is 50.9. The van der Waals surface area contributed by atoms with E-state index >= 15 is 0 Å². The topological polar surface area (TPSA) is 572 Å². The average Bonchev–Trinajstić information content (AvgIpc) is 1.43. The number of esters is 6. The number of phenols is 1. The minimum absolute atomic E-state index is 0.0681. The molecule has 592 valence electrons. The molecule has 107 heavy (non-hydrogen) atoms. The van der Waals surface area contributed by atoms with Crippen molar-refractivity contribution in [3.05, 3.63) is 102 Å².